The van der Waals surface area contributed by atoms with Gasteiger partial charge in [0.2, 0.25) is 15.9 Å². The lowest BCUT2D eigenvalue weighted by Gasteiger charge is -2.34. The maximum absolute atomic E-state index is 13.3. The molecule has 1 unspecified atom stereocenters. The van der Waals surface area contributed by atoms with Gasteiger partial charge in [0.1, 0.15) is 5.82 Å². The number of hydrogen-bond donors (Lipinski definition) is 2. The number of hydrogen-bond acceptors (Lipinski definition) is 5. The minimum Gasteiger partial charge on any atom is -0.355 e. The molecule has 1 amide bonds. The van der Waals surface area contributed by atoms with Crippen LogP contribution in [-0.2, 0) is 27.5 Å². The summed E-state index contributed by atoms with van der Waals surface area (Å²) in [7, 11) is -3.59. The number of halogens is 3. The van der Waals surface area contributed by atoms with Crippen molar-refractivity contribution < 1.29 is 26.4 Å². The second-order valence-corrected chi connectivity index (χ2v) is 9.50. The number of amides is 1. The number of rotatable bonds is 8. The summed E-state index contributed by atoms with van der Waals surface area (Å²) in [6.45, 7) is 0.518. The van der Waals surface area contributed by atoms with Crippen LogP contribution in [0.2, 0.25) is 0 Å². The predicted molar refractivity (Wildman–Crippen MR) is 114 cm³/mol. The molecule has 1 fully saturated rings. The van der Waals surface area contributed by atoms with Crippen LogP contribution < -0.4 is 14.9 Å². The fourth-order valence-electron chi connectivity index (χ4n) is 3.57. The van der Waals surface area contributed by atoms with Crippen LogP contribution in [0.5, 0.6) is 0 Å². The lowest BCUT2D eigenvalue weighted by Crippen LogP contribution is -2.45. The number of piperidine rings is 1. The van der Waals surface area contributed by atoms with Gasteiger partial charge in [-0.25, -0.2) is 18.1 Å². The minimum atomic E-state index is -4.54. The van der Waals surface area contributed by atoms with E-state index < -0.39 is 27.7 Å². The van der Waals surface area contributed by atoms with Gasteiger partial charge in [0, 0.05) is 32.4 Å². The number of pyridine rings is 1. The first-order valence-electron chi connectivity index (χ1n) is 10.2. The third kappa shape index (κ3) is 6.67. The van der Waals surface area contributed by atoms with Gasteiger partial charge in [-0.05, 0) is 30.5 Å². The van der Waals surface area contributed by atoms with Crippen molar-refractivity contribution >= 4 is 21.7 Å². The molecule has 7 nitrogen and oxygen atoms in total. The molecule has 2 N–H and O–H groups in total. The van der Waals surface area contributed by atoms with Crippen molar-refractivity contribution in [2.75, 3.05) is 30.3 Å². The molecule has 2 aromatic rings. The van der Waals surface area contributed by atoms with Crippen molar-refractivity contribution in [2.24, 2.45) is 5.92 Å². The van der Waals surface area contributed by atoms with E-state index in [0.717, 1.165) is 11.6 Å². The van der Waals surface area contributed by atoms with E-state index in [0.29, 0.717) is 19.4 Å². The third-order valence-electron chi connectivity index (χ3n) is 5.19. The zero-order chi connectivity index (χ0) is 23.2. The van der Waals surface area contributed by atoms with E-state index in [-0.39, 0.29) is 37.1 Å². The number of sulfonamides is 1. The molecular formula is C21H25F3N4O3S. The molecule has 0 spiro atoms. The van der Waals surface area contributed by atoms with E-state index in [1.165, 1.54) is 17.2 Å². The first-order chi connectivity index (χ1) is 15.2. The first kappa shape index (κ1) is 24.0. The molecule has 32 heavy (non-hydrogen) atoms. The monoisotopic (exact) mass is 470 g/mol. The summed E-state index contributed by atoms with van der Waals surface area (Å²) < 4.78 is 66.7. The molecule has 2 heterocycles. The second kappa shape index (κ2) is 10.3. The highest BCUT2D eigenvalue weighted by Crippen LogP contribution is 2.36. The van der Waals surface area contributed by atoms with Gasteiger partial charge in [0.25, 0.3) is 0 Å². The van der Waals surface area contributed by atoms with Crippen LogP contribution in [0.15, 0.2) is 48.7 Å². The number of benzene rings is 1. The predicted octanol–water partition coefficient (Wildman–Crippen LogP) is 2.55. The highest BCUT2D eigenvalue weighted by Gasteiger charge is 2.37. The molecule has 1 aliphatic rings. The summed E-state index contributed by atoms with van der Waals surface area (Å²) in [5.41, 5.74) is -0.0215. The van der Waals surface area contributed by atoms with Crippen LogP contribution in [0.4, 0.5) is 19.0 Å². The van der Waals surface area contributed by atoms with Crippen LogP contribution in [0.3, 0.4) is 0 Å². The van der Waals surface area contributed by atoms with Crippen LogP contribution >= 0.6 is 0 Å². The van der Waals surface area contributed by atoms with Crippen molar-refractivity contribution in [1.82, 2.24) is 15.0 Å². The normalized spacial score (nSPS) is 17.2. The molecule has 174 valence electrons. The number of carbonyl (C=O) groups is 1. The van der Waals surface area contributed by atoms with Crippen LogP contribution in [0.25, 0.3) is 0 Å². The fourth-order valence-corrected chi connectivity index (χ4v) is 4.47. The van der Waals surface area contributed by atoms with Crippen molar-refractivity contribution in [3.05, 3.63) is 59.8 Å². The zero-order valence-electron chi connectivity index (χ0n) is 17.3. The van der Waals surface area contributed by atoms with E-state index >= 15 is 0 Å². The van der Waals surface area contributed by atoms with Crippen LogP contribution in [0.1, 0.15) is 24.0 Å². The van der Waals surface area contributed by atoms with Crippen molar-refractivity contribution in [1.29, 1.82) is 0 Å². The third-order valence-corrected chi connectivity index (χ3v) is 6.52. The maximum Gasteiger partial charge on any atom is 0.419 e. The average molecular weight is 471 g/mol. The standard InChI is InChI=1S/C21H25F3N4O3S/c22-21(23,24)18-9-4-10-25-19(18)28-12-5-8-17(15-28)20(29)26-11-13-32(30,31)27-14-16-6-2-1-3-7-16/h1-4,6-7,9-10,17,27H,5,8,11-15H2,(H,26,29). The smallest absolute Gasteiger partial charge is 0.355 e. The number of nitrogens with zero attached hydrogens (tertiary/aromatic N) is 2. The average Bonchev–Trinajstić information content (AvgIpc) is 2.78. The minimum absolute atomic E-state index is 0.0865. The largest absolute Gasteiger partial charge is 0.419 e. The summed E-state index contributed by atoms with van der Waals surface area (Å²) in [6.07, 6.45) is -2.21. The number of nitrogens with one attached hydrogen (secondary N) is 2. The van der Waals surface area contributed by atoms with E-state index in [2.05, 4.69) is 15.0 Å². The molecule has 1 aromatic carbocycles. The molecule has 0 saturated carbocycles. The second-order valence-electron chi connectivity index (χ2n) is 7.57. The number of anilines is 1. The Bertz CT molecular complexity index is 1020. The Kier molecular flexibility index (Phi) is 7.73. The Morgan fingerprint density at radius 2 is 1.91 bits per heavy atom. The van der Waals surface area contributed by atoms with Gasteiger partial charge in [-0.1, -0.05) is 30.3 Å². The SMILES string of the molecule is O=C(NCCS(=O)(=O)NCc1ccccc1)C1CCCN(c2ncccc2C(F)(F)F)C1. The molecule has 0 bridgehead atoms. The van der Waals surface area contributed by atoms with Crippen LogP contribution in [-0.4, -0.2) is 44.7 Å². The molecule has 3 rings (SSSR count). The van der Waals surface area contributed by atoms with Gasteiger partial charge >= 0.3 is 6.18 Å². The fraction of sp³-hybridized carbons (Fsp3) is 0.429. The van der Waals surface area contributed by atoms with Gasteiger partial charge < -0.3 is 10.2 Å². The molecule has 0 radical (unpaired) electrons. The Labute approximate surface area is 185 Å². The van der Waals surface area contributed by atoms with Gasteiger partial charge in [-0.3, -0.25) is 4.79 Å². The summed E-state index contributed by atoms with van der Waals surface area (Å²) in [5, 5.41) is 2.60. The number of aromatic nitrogens is 1. The Morgan fingerprint density at radius 3 is 2.62 bits per heavy atom. The van der Waals surface area contributed by atoms with E-state index in [1.54, 1.807) is 24.3 Å². The van der Waals surface area contributed by atoms with Crippen molar-refractivity contribution in [3.8, 4) is 0 Å². The molecule has 11 heteroatoms. The van der Waals surface area contributed by atoms with Gasteiger partial charge in [0.15, 0.2) is 0 Å². The lowest BCUT2D eigenvalue weighted by atomic mass is 9.96. The summed E-state index contributed by atoms with van der Waals surface area (Å²) >= 11 is 0. The van der Waals surface area contributed by atoms with Crippen molar-refractivity contribution in [3.63, 3.8) is 0 Å². The van der Waals surface area contributed by atoms with E-state index in [1.807, 2.05) is 6.07 Å². The first-order valence-corrected chi connectivity index (χ1v) is 11.9. The van der Waals surface area contributed by atoms with Gasteiger partial charge in [-0.2, -0.15) is 13.2 Å². The summed E-state index contributed by atoms with van der Waals surface area (Å²) in [6, 6.07) is 11.2. The topological polar surface area (TPSA) is 91.4 Å². The highest BCUT2D eigenvalue weighted by atomic mass is 32.2. The van der Waals surface area contributed by atoms with Gasteiger partial charge in [-0.15, -0.1) is 0 Å². The summed E-state index contributed by atoms with van der Waals surface area (Å²) in [5.74, 6) is -1.41. The lowest BCUT2D eigenvalue weighted by molar-refractivity contribution is -0.137. The molecule has 1 aromatic heterocycles. The molecule has 0 aliphatic carbocycles. The Hall–Kier alpha value is -2.66. The Balaban J connectivity index is 1.52. The Morgan fingerprint density at radius 1 is 1.16 bits per heavy atom. The van der Waals surface area contributed by atoms with Gasteiger partial charge in [0.05, 0.1) is 17.2 Å². The van der Waals surface area contributed by atoms with Crippen molar-refractivity contribution in [2.45, 2.75) is 25.6 Å². The van der Waals surface area contributed by atoms with Crippen LogP contribution in [0, 0.1) is 5.92 Å². The highest BCUT2D eigenvalue weighted by molar-refractivity contribution is 7.89. The maximum atomic E-state index is 13.3. The molecular weight excluding hydrogens is 445 g/mol. The molecule has 1 aliphatic heterocycles. The quantitative estimate of drug-likeness (QED) is 0.619. The molecule has 1 saturated heterocycles. The molecule has 1 atom stereocenters. The van der Waals surface area contributed by atoms with E-state index in [4.69, 9.17) is 0 Å². The zero-order valence-corrected chi connectivity index (χ0v) is 18.1. The summed E-state index contributed by atoms with van der Waals surface area (Å²) in [4.78, 5) is 17.9. The number of carbonyl (C=O) groups excluding carboxylic acids is 1. The van der Waals surface area contributed by atoms with E-state index in [9.17, 15) is 26.4 Å². The number of alkyl halides is 3.